The molecule has 0 saturated carbocycles. The number of esters is 1. The van der Waals surface area contributed by atoms with Crippen LogP contribution >= 0.6 is 0 Å². The Balaban J connectivity index is 1.87. The van der Waals surface area contributed by atoms with Crippen LogP contribution in [0.1, 0.15) is 12.8 Å². The van der Waals surface area contributed by atoms with Crippen LogP contribution in [0.2, 0.25) is 0 Å². The number of rotatable bonds is 2. The lowest BCUT2D eigenvalue weighted by Crippen LogP contribution is -2.47. The minimum absolute atomic E-state index is 0.0370. The van der Waals surface area contributed by atoms with Crippen LogP contribution in [0.3, 0.4) is 0 Å². The van der Waals surface area contributed by atoms with Crippen LogP contribution in [-0.4, -0.2) is 36.1 Å². The minimum Gasteiger partial charge on any atom is -0.464 e. The molecule has 1 N–H and O–H groups in total. The van der Waals surface area contributed by atoms with Gasteiger partial charge in [-0.1, -0.05) is 18.2 Å². The molecule has 0 aliphatic carbocycles. The van der Waals surface area contributed by atoms with Crippen molar-refractivity contribution < 1.29 is 19.1 Å². The molecule has 7 heteroatoms. The van der Waals surface area contributed by atoms with E-state index in [9.17, 15) is 14.4 Å². The van der Waals surface area contributed by atoms with Crippen LogP contribution in [-0.2, 0) is 19.1 Å². The van der Waals surface area contributed by atoms with Crippen molar-refractivity contribution in [1.82, 2.24) is 5.43 Å². The first kappa shape index (κ1) is 13.3. The highest BCUT2D eigenvalue weighted by Crippen LogP contribution is 2.34. The highest BCUT2D eigenvalue weighted by Gasteiger charge is 2.56. The summed E-state index contributed by atoms with van der Waals surface area (Å²) in [5.41, 5.74) is 2.11. The van der Waals surface area contributed by atoms with E-state index in [0.29, 0.717) is 5.69 Å². The summed E-state index contributed by atoms with van der Waals surface area (Å²) in [6, 6.07) is 8.67. The van der Waals surface area contributed by atoms with E-state index in [0.717, 1.165) is 4.90 Å². The van der Waals surface area contributed by atoms with Gasteiger partial charge in [-0.2, -0.15) is 5.10 Å². The number of nitrogens with zero attached hydrogens (tertiary/aromatic N) is 2. The van der Waals surface area contributed by atoms with E-state index in [4.69, 9.17) is 0 Å². The Hall–Kier alpha value is -2.70. The van der Waals surface area contributed by atoms with Crippen molar-refractivity contribution in [2.75, 3.05) is 12.0 Å². The standard InChI is InChI=1S/C14H13N3O4/c1-21-12(19)10-7-14(16-15-10)8-11(18)17(13(14)20)9-5-3-2-4-6-9/h2-6,16H,7-8H2,1H3/t14-/m0/s1. The highest BCUT2D eigenvalue weighted by atomic mass is 16.5. The van der Waals surface area contributed by atoms with Crippen molar-refractivity contribution in [3.8, 4) is 0 Å². The largest absolute Gasteiger partial charge is 0.464 e. The summed E-state index contributed by atoms with van der Waals surface area (Å²) in [5, 5.41) is 3.85. The monoisotopic (exact) mass is 287 g/mol. The Morgan fingerprint density at radius 2 is 2.00 bits per heavy atom. The molecule has 21 heavy (non-hydrogen) atoms. The Bertz CT molecular complexity index is 655. The van der Waals surface area contributed by atoms with Gasteiger partial charge in [0.1, 0.15) is 11.3 Å². The maximum atomic E-state index is 12.6. The van der Waals surface area contributed by atoms with E-state index in [1.165, 1.54) is 7.11 Å². The van der Waals surface area contributed by atoms with E-state index in [-0.39, 0.29) is 24.5 Å². The zero-order valence-corrected chi connectivity index (χ0v) is 11.3. The molecular weight excluding hydrogens is 274 g/mol. The van der Waals surface area contributed by atoms with Crippen LogP contribution in [0, 0.1) is 0 Å². The summed E-state index contributed by atoms with van der Waals surface area (Å²) >= 11 is 0. The van der Waals surface area contributed by atoms with Crippen LogP contribution in [0.15, 0.2) is 35.4 Å². The normalized spacial score (nSPS) is 24.2. The summed E-state index contributed by atoms with van der Waals surface area (Å²) in [6.45, 7) is 0. The fourth-order valence-corrected chi connectivity index (χ4v) is 2.58. The number of methoxy groups -OCH3 is 1. The van der Waals surface area contributed by atoms with Gasteiger partial charge in [0.25, 0.3) is 5.91 Å². The van der Waals surface area contributed by atoms with Gasteiger partial charge in [0.2, 0.25) is 5.91 Å². The Morgan fingerprint density at radius 3 is 2.67 bits per heavy atom. The molecule has 1 fully saturated rings. The predicted molar refractivity (Wildman–Crippen MR) is 73.5 cm³/mol. The van der Waals surface area contributed by atoms with Gasteiger partial charge in [0.15, 0.2) is 0 Å². The van der Waals surface area contributed by atoms with Gasteiger partial charge in [-0.05, 0) is 12.1 Å². The molecule has 1 saturated heterocycles. The van der Waals surface area contributed by atoms with Crippen LogP contribution in [0.25, 0.3) is 0 Å². The number of imide groups is 1. The van der Waals surface area contributed by atoms with Gasteiger partial charge >= 0.3 is 5.97 Å². The molecule has 1 aromatic rings. The van der Waals surface area contributed by atoms with E-state index < -0.39 is 17.4 Å². The SMILES string of the molecule is COC(=O)C1=NN[C@]2(CC(=O)N(c3ccccc3)C2=O)C1. The molecule has 2 aliphatic rings. The lowest BCUT2D eigenvalue weighted by Gasteiger charge is -2.20. The van der Waals surface area contributed by atoms with Gasteiger partial charge in [0, 0.05) is 6.42 Å². The molecule has 0 unspecified atom stereocenters. The zero-order chi connectivity index (χ0) is 15.0. The van der Waals surface area contributed by atoms with Crippen molar-refractivity contribution in [2.45, 2.75) is 18.4 Å². The van der Waals surface area contributed by atoms with Crippen molar-refractivity contribution in [1.29, 1.82) is 0 Å². The molecular formula is C14H13N3O4. The molecule has 1 spiro atoms. The van der Waals surface area contributed by atoms with Gasteiger partial charge in [-0.25, -0.2) is 9.69 Å². The van der Waals surface area contributed by atoms with Crippen LogP contribution in [0.5, 0.6) is 0 Å². The van der Waals surface area contributed by atoms with Gasteiger partial charge in [-0.3, -0.25) is 15.0 Å². The second-order valence-electron chi connectivity index (χ2n) is 4.97. The summed E-state index contributed by atoms with van der Waals surface area (Å²) in [7, 11) is 1.24. The number of carbonyl (C=O) groups excluding carboxylic acids is 3. The van der Waals surface area contributed by atoms with E-state index >= 15 is 0 Å². The fraction of sp³-hybridized carbons (Fsp3) is 0.286. The predicted octanol–water partition coefficient (Wildman–Crippen LogP) is 0.211. The Labute approximate surface area is 120 Å². The molecule has 7 nitrogen and oxygen atoms in total. The first-order valence-corrected chi connectivity index (χ1v) is 6.42. The van der Waals surface area contributed by atoms with E-state index in [2.05, 4.69) is 15.3 Å². The van der Waals surface area contributed by atoms with Crippen molar-refractivity contribution >= 4 is 29.2 Å². The third-order valence-electron chi connectivity index (χ3n) is 3.62. The second kappa shape index (κ2) is 4.69. The molecule has 3 rings (SSSR count). The molecule has 2 heterocycles. The smallest absolute Gasteiger partial charge is 0.354 e. The Morgan fingerprint density at radius 1 is 1.29 bits per heavy atom. The van der Waals surface area contributed by atoms with Crippen molar-refractivity contribution in [3.63, 3.8) is 0 Å². The molecule has 108 valence electrons. The van der Waals surface area contributed by atoms with Gasteiger partial charge in [-0.15, -0.1) is 0 Å². The highest BCUT2D eigenvalue weighted by molar-refractivity contribution is 6.39. The number of amides is 2. The van der Waals surface area contributed by atoms with Crippen LogP contribution in [0.4, 0.5) is 5.69 Å². The third-order valence-corrected chi connectivity index (χ3v) is 3.62. The molecule has 2 amide bonds. The summed E-state index contributed by atoms with van der Waals surface area (Å²) < 4.78 is 4.59. The molecule has 1 atom stereocenters. The van der Waals surface area contributed by atoms with Gasteiger partial charge in [0.05, 0.1) is 19.2 Å². The lowest BCUT2D eigenvalue weighted by molar-refractivity contribution is -0.132. The van der Waals surface area contributed by atoms with E-state index in [1.807, 2.05) is 0 Å². The third kappa shape index (κ3) is 1.97. The number of benzene rings is 1. The van der Waals surface area contributed by atoms with Crippen molar-refractivity contribution in [3.05, 3.63) is 30.3 Å². The second-order valence-corrected chi connectivity index (χ2v) is 4.97. The first-order valence-electron chi connectivity index (χ1n) is 6.42. The number of hydrogen-bond donors (Lipinski definition) is 1. The maximum Gasteiger partial charge on any atom is 0.354 e. The number of hydrogen-bond acceptors (Lipinski definition) is 6. The number of anilines is 1. The van der Waals surface area contributed by atoms with Crippen molar-refractivity contribution in [2.24, 2.45) is 5.10 Å². The number of hydrazone groups is 1. The summed E-state index contributed by atoms with van der Waals surface area (Å²) in [4.78, 5) is 37.4. The van der Waals surface area contributed by atoms with E-state index in [1.54, 1.807) is 30.3 Å². The zero-order valence-electron chi connectivity index (χ0n) is 11.3. The molecule has 0 aromatic heterocycles. The quantitative estimate of drug-likeness (QED) is 0.620. The number of nitrogens with one attached hydrogen (secondary N) is 1. The topological polar surface area (TPSA) is 88.1 Å². The Kier molecular flexibility index (Phi) is 2.97. The molecule has 2 aliphatic heterocycles. The molecule has 0 bridgehead atoms. The number of carbonyl (C=O) groups is 3. The minimum atomic E-state index is -1.17. The lowest BCUT2D eigenvalue weighted by atomic mass is 9.93. The molecule has 1 aromatic carbocycles. The average molecular weight is 287 g/mol. The molecule has 0 radical (unpaired) electrons. The van der Waals surface area contributed by atoms with Gasteiger partial charge < -0.3 is 4.74 Å². The number of para-hydroxylation sites is 1. The summed E-state index contributed by atoms with van der Waals surface area (Å²) in [6.07, 6.45) is 0.0122. The first-order chi connectivity index (χ1) is 10.1. The number of ether oxygens (including phenoxy) is 1. The summed E-state index contributed by atoms with van der Waals surface area (Å²) in [5.74, 6) is -1.32. The van der Waals surface area contributed by atoms with Crippen LogP contribution < -0.4 is 10.3 Å². The maximum absolute atomic E-state index is 12.6. The average Bonchev–Trinajstić information content (AvgIpc) is 3.02. The fourth-order valence-electron chi connectivity index (χ4n) is 2.58.